The minimum absolute atomic E-state index is 0.0461. The fraction of sp³-hybridized carbons (Fsp3) is 0.600. The van der Waals surface area contributed by atoms with Gasteiger partial charge in [-0.05, 0) is 37.0 Å². The van der Waals surface area contributed by atoms with Crippen LogP contribution in [0.25, 0.3) is 0 Å². The van der Waals surface area contributed by atoms with Crippen molar-refractivity contribution in [2.24, 2.45) is 0 Å². The Morgan fingerprint density at radius 2 is 2.16 bits per heavy atom. The summed E-state index contributed by atoms with van der Waals surface area (Å²) >= 11 is 0. The summed E-state index contributed by atoms with van der Waals surface area (Å²) in [4.78, 5) is 1.90. The molecule has 4 heteroatoms. The highest BCUT2D eigenvalue weighted by molar-refractivity contribution is 5.49. The zero-order valence-corrected chi connectivity index (χ0v) is 11.5. The van der Waals surface area contributed by atoms with Gasteiger partial charge in [-0.1, -0.05) is 13.0 Å². The van der Waals surface area contributed by atoms with E-state index < -0.39 is 0 Å². The second-order valence-electron chi connectivity index (χ2n) is 5.15. The van der Waals surface area contributed by atoms with Gasteiger partial charge in [-0.25, -0.2) is 4.39 Å². The van der Waals surface area contributed by atoms with Crippen LogP contribution in [0.4, 0.5) is 10.1 Å². The normalized spacial score (nSPS) is 14.7. The number of nitrogens with zero attached hydrogens (tertiary/aromatic N) is 1. The molecule has 0 atom stereocenters. The molecule has 0 unspecified atom stereocenters. The van der Waals surface area contributed by atoms with Crippen LogP contribution in [0.15, 0.2) is 18.2 Å². The van der Waals surface area contributed by atoms with Crippen LogP contribution in [-0.4, -0.2) is 30.8 Å². The van der Waals surface area contributed by atoms with E-state index in [1.54, 1.807) is 6.07 Å². The summed E-state index contributed by atoms with van der Waals surface area (Å²) in [6.45, 7) is 4.07. The molecule has 0 aromatic heterocycles. The minimum atomic E-state index is -0.197. The maximum atomic E-state index is 14.1. The first-order chi connectivity index (χ1) is 9.24. The molecular formula is C15H23FN2O. The Balaban J connectivity index is 2.02. The summed E-state index contributed by atoms with van der Waals surface area (Å²) in [5.41, 5.74) is 1.57. The number of rotatable bonds is 8. The van der Waals surface area contributed by atoms with Gasteiger partial charge in [-0.2, -0.15) is 0 Å². The Bertz CT molecular complexity index is 401. The summed E-state index contributed by atoms with van der Waals surface area (Å²) in [5, 5.41) is 12.4. The van der Waals surface area contributed by atoms with Crippen molar-refractivity contribution in [2.75, 3.05) is 24.6 Å². The molecule has 2 rings (SSSR count). The molecule has 0 heterocycles. The number of anilines is 1. The van der Waals surface area contributed by atoms with Crippen molar-refractivity contribution in [1.82, 2.24) is 5.32 Å². The zero-order chi connectivity index (χ0) is 13.7. The van der Waals surface area contributed by atoms with Crippen LogP contribution in [0.1, 0.15) is 31.7 Å². The van der Waals surface area contributed by atoms with E-state index in [1.807, 2.05) is 17.0 Å². The first-order valence-corrected chi connectivity index (χ1v) is 7.12. The maximum Gasteiger partial charge on any atom is 0.146 e. The molecule has 1 aromatic carbocycles. The molecule has 2 N–H and O–H groups in total. The Morgan fingerprint density at radius 1 is 1.37 bits per heavy atom. The molecule has 0 aliphatic heterocycles. The summed E-state index contributed by atoms with van der Waals surface area (Å²) in [5.74, 6) is -0.197. The average Bonchev–Trinajstić information content (AvgIpc) is 3.20. The number of nitrogens with one attached hydrogen (secondary N) is 1. The third-order valence-corrected chi connectivity index (χ3v) is 3.39. The van der Waals surface area contributed by atoms with Crippen molar-refractivity contribution in [3.05, 3.63) is 29.6 Å². The standard InChI is InChI=1S/C15H23FN2O/c1-2-7-18(8-9-19)15-6-3-12(10-14(15)16)11-17-13-4-5-13/h3,6,10,13,17,19H,2,4-5,7-9,11H2,1H3. The Hall–Kier alpha value is -1.13. The number of hydrogen-bond donors (Lipinski definition) is 2. The topological polar surface area (TPSA) is 35.5 Å². The van der Waals surface area contributed by atoms with Crippen LogP contribution in [0.2, 0.25) is 0 Å². The SMILES string of the molecule is CCCN(CCO)c1ccc(CNC2CC2)cc1F. The van der Waals surface area contributed by atoms with E-state index >= 15 is 0 Å². The van der Waals surface area contributed by atoms with E-state index in [-0.39, 0.29) is 12.4 Å². The summed E-state index contributed by atoms with van der Waals surface area (Å²) in [6, 6.07) is 6.03. The third kappa shape index (κ3) is 4.18. The van der Waals surface area contributed by atoms with Gasteiger partial charge in [0.15, 0.2) is 0 Å². The number of hydrogen-bond acceptors (Lipinski definition) is 3. The molecule has 3 nitrogen and oxygen atoms in total. The largest absolute Gasteiger partial charge is 0.395 e. The van der Waals surface area contributed by atoms with Crippen molar-refractivity contribution in [1.29, 1.82) is 0 Å². The lowest BCUT2D eigenvalue weighted by Gasteiger charge is -2.24. The zero-order valence-electron chi connectivity index (χ0n) is 11.5. The predicted molar refractivity (Wildman–Crippen MR) is 75.9 cm³/mol. The van der Waals surface area contributed by atoms with Gasteiger partial charge in [0.25, 0.3) is 0 Å². The predicted octanol–water partition coefficient (Wildman–Crippen LogP) is 2.29. The van der Waals surface area contributed by atoms with Crippen molar-refractivity contribution in [3.8, 4) is 0 Å². The fourth-order valence-corrected chi connectivity index (χ4v) is 2.21. The Labute approximate surface area is 114 Å². The molecule has 0 saturated heterocycles. The minimum Gasteiger partial charge on any atom is -0.395 e. The maximum absolute atomic E-state index is 14.1. The second kappa shape index (κ2) is 6.87. The van der Waals surface area contributed by atoms with Crippen molar-refractivity contribution in [2.45, 2.75) is 38.8 Å². The summed E-state index contributed by atoms with van der Waals surface area (Å²) < 4.78 is 14.1. The quantitative estimate of drug-likeness (QED) is 0.758. The molecule has 19 heavy (non-hydrogen) atoms. The van der Waals surface area contributed by atoms with Gasteiger partial charge in [0.2, 0.25) is 0 Å². The van der Waals surface area contributed by atoms with E-state index in [9.17, 15) is 4.39 Å². The first-order valence-electron chi connectivity index (χ1n) is 7.12. The highest BCUT2D eigenvalue weighted by Gasteiger charge is 2.20. The lowest BCUT2D eigenvalue weighted by atomic mass is 10.1. The molecule has 1 aliphatic rings. The van der Waals surface area contributed by atoms with Gasteiger partial charge in [0, 0.05) is 25.7 Å². The van der Waals surface area contributed by atoms with Crippen LogP contribution >= 0.6 is 0 Å². The molecule has 1 aliphatic carbocycles. The molecule has 1 fully saturated rings. The average molecular weight is 266 g/mol. The van der Waals surface area contributed by atoms with Gasteiger partial charge < -0.3 is 15.3 Å². The lowest BCUT2D eigenvalue weighted by molar-refractivity contribution is 0.301. The smallest absolute Gasteiger partial charge is 0.146 e. The van der Waals surface area contributed by atoms with Crippen molar-refractivity contribution >= 4 is 5.69 Å². The molecule has 1 aromatic rings. The van der Waals surface area contributed by atoms with E-state index in [2.05, 4.69) is 12.2 Å². The summed E-state index contributed by atoms with van der Waals surface area (Å²) in [6.07, 6.45) is 3.41. The van der Waals surface area contributed by atoms with Gasteiger partial charge in [-0.3, -0.25) is 0 Å². The van der Waals surface area contributed by atoms with Crippen LogP contribution in [0.5, 0.6) is 0 Å². The van der Waals surface area contributed by atoms with Crippen LogP contribution < -0.4 is 10.2 Å². The van der Waals surface area contributed by atoms with Crippen LogP contribution in [0.3, 0.4) is 0 Å². The van der Waals surface area contributed by atoms with E-state index in [0.29, 0.717) is 18.3 Å². The van der Waals surface area contributed by atoms with E-state index in [4.69, 9.17) is 5.11 Å². The fourth-order valence-electron chi connectivity index (χ4n) is 2.21. The third-order valence-electron chi connectivity index (χ3n) is 3.39. The van der Waals surface area contributed by atoms with E-state index in [0.717, 1.165) is 25.1 Å². The van der Waals surface area contributed by atoms with Crippen LogP contribution in [0, 0.1) is 5.82 Å². The van der Waals surface area contributed by atoms with Crippen molar-refractivity contribution in [3.63, 3.8) is 0 Å². The molecule has 1 saturated carbocycles. The highest BCUT2D eigenvalue weighted by Crippen LogP contribution is 2.22. The number of aliphatic hydroxyl groups is 1. The second-order valence-corrected chi connectivity index (χ2v) is 5.15. The number of aliphatic hydroxyl groups excluding tert-OH is 1. The Morgan fingerprint density at radius 3 is 2.74 bits per heavy atom. The van der Waals surface area contributed by atoms with Gasteiger partial charge in [-0.15, -0.1) is 0 Å². The lowest BCUT2D eigenvalue weighted by Crippen LogP contribution is -2.28. The first kappa shape index (κ1) is 14.3. The highest BCUT2D eigenvalue weighted by atomic mass is 19.1. The monoisotopic (exact) mass is 266 g/mol. The van der Waals surface area contributed by atoms with Gasteiger partial charge >= 0.3 is 0 Å². The Kier molecular flexibility index (Phi) is 5.16. The number of benzene rings is 1. The molecule has 0 spiro atoms. The summed E-state index contributed by atoms with van der Waals surface area (Å²) in [7, 11) is 0. The molecule has 106 valence electrons. The van der Waals surface area contributed by atoms with E-state index in [1.165, 1.54) is 12.8 Å². The van der Waals surface area contributed by atoms with Gasteiger partial charge in [0.05, 0.1) is 12.3 Å². The van der Waals surface area contributed by atoms with Crippen molar-refractivity contribution < 1.29 is 9.50 Å². The van der Waals surface area contributed by atoms with Gasteiger partial charge in [0.1, 0.15) is 5.82 Å². The molecule has 0 bridgehead atoms. The molecule has 0 radical (unpaired) electrons. The molecule has 0 amide bonds. The molecular weight excluding hydrogens is 243 g/mol. The number of halogens is 1. The van der Waals surface area contributed by atoms with Crippen LogP contribution in [-0.2, 0) is 6.54 Å².